The lowest BCUT2D eigenvalue weighted by atomic mass is 9.98. The van der Waals surface area contributed by atoms with Gasteiger partial charge in [0.2, 0.25) is 5.52 Å². The topological polar surface area (TPSA) is 13.3 Å². The number of hydrogen-bond donors (Lipinski definition) is 0. The molecule has 2 nitrogen and oxygen atoms in total. The zero-order valence-corrected chi connectivity index (χ0v) is 18.4. The van der Waals surface area contributed by atoms with E-state index in [1.165, 1.54) is 49.3 Å². The Bertz CT molecular complexity index is 1400. The molecule has 0 saturated carbocycles. The molecule has 0 aliphatic rings. The molecule has 0 saturated heterocycles. The maximum absolute atomic E-state index is 5.74. The van der Waals surface area contributed by atoms with Gasteiger partial charge in [0.05, 0.1) is 12.5 Å². The number of ether oxygens (including phenoxy) is 1. The van der Waals surface area contributed by atoms with Crippen LogP contribution in [0.15, 0.2) is 73.1 Å². The number of methoxy groups -OCH3 is 1. The molecule has 0 amide bonds. The lowest BCUT2D eigenvalue weighted by molar-refractivity contribution is -0.509. The smallest absolute Gasteiger partial charge is 0.219 e. The third kappa shape index (κ3) is 3.28. The Morgan fingerprint density at radius 2 is 1.43 bits per heavy atom. The van der Waals surface area contributed by atoms with Gasteiger partial charge in [-0.2, -0.15) is 4.40 Å². The molecule has 0 fully saturated rings. The second kappa shape index (κ2) is 7.62. The maximum Gasteiger partial charge on any atom is 0.219 e. The SMILES string of the molecule is COc1cc2cc[n+]3cc4cc(C)c(C)cc4cc3c2cc1-c1ccc(C)cc1.[Cl-]. The van der Waals surface area contributed by atoms with Crippen LogP contribution in [-0.2, 0) is 0 Å². The molecule has 2 aromatic heterocycles. The number of hydrogen-bond acceptors (Lipinski definition) is 1. The highest BCUT2D eigenvalue weighted by atomic mass is 35.5. The molecule has 5 aromatic rings. The summed E-state index contributed by atoms with van der Waals surface area (Å²) in [5.74, 6) is 0.901. The van der Waals surface area contributed by atoms with E-state index in [4.69, 9.17) is 4.74 Å². The fourth-order valence-corrected chi connectivity index (χ4v) is 4.12. The highest BCUT2D eigenvalue weighted by Gasteiger charge is 2.15. The van der Waals surface area contributed by atoms with Crippen molar-refractivity contribution >= 4 is 27.1 Å². The van der Waals surface area contributed by atoms with Gasteiger partial charge in [0.1, 0.15) is 5.75 Å². The monoisotopic (exact) mass is 413 g/mol. The first kappa shape index (κ1) is 20.2. The summed E-state index contributed by atoms with van der Waals surface area (Å²) in [6, 6.07) is 22.1. The van der Waals surface area contributed by atoms with Crippen molar-refractivity contribution in [2.75, 3.05) is 7.11 Å². The first-order chi connectivity index (χ1) is 14.0. The van der Waals surface area contributed by atoms with Crippen molar-refractivity contribution in [2.45, 2.75) is 20.8 Å². The van der Waals surface area contributed by atoms with Crippen LogP contribution in [-0.4, -0.2) is 7.11 Å². The third-order valence-corrected chi connectivity index (χ3v) is 5.97. The average Bonchev–Trinajstić information content (AvgIpc) is 2.73. The van der Waals surface area contributed by atoms with E-state index in [9.17, 15) is 0 Å². The maximum atomic E-state index is 5.74. The second-order valence-corrected chi connectivity index (χ2v) is 7.95. The zero-order valence-electron chi connectivity index (χ0n) is 17.7. The molecule has 0 bridgehead atoms. The fraction of sp³-hybridized carbons (Fsp3) is 0.148. The number of aryl methyl sites for hydroxylation is 3. The number of aromatic nitrogens is 1. The van der Waals surface area contributed by atoms with Gasteiger partial charge in [-0.05, 0) is 66.4 Å². The first-order valence-electron chi connectivity index (χ1n) is 9.97. The molecule has 3 aromatic carbocycles. The molecular formula is C27H24ClNO. The summed E-state index contributed by atoms with van der Waals surface area (Å²) < 4.78 is 7.97. The molecular weight excluding hydrogens is 390 g/mol. The van der Waals surface area contributed by atoms with Gasteiger partial charge in [0.25, 0.3) is 0 Å². The number of pyridine rings is 2. The van der Waals surface area contributed by atoms with E-state index in [1.807, 2.05) is 0 Å². The quantitative estimate of drug-likeness (QED) is 0.246. The van der Waals surface area contributed by atoms with Gasteiger partial charge in [0.15, 0.2) is 12.4 Å². The van der Waals surface area contributed by atoms with Crippen molar-refractivity contribution in [3.05, 3.63) is 89.7 Å². The molecule has 0 N–H and O–H groups in total. The molecule has 2 heterocycles. The molecule has 150 valence electrons. The standard InChI is InChI=1S/C27H24NO.ClH/c1-17-5-7-20(8-6-17)25-15-24-21(14-27(25)29-4)9-10-28-16-23-12-19(3)18(2)11-22(23)13-26(24)28;/h5-16H,1-4H3;1H/q+1;/p-1. The summed E-state index contributed by atoms with van der Waals surface area (Å²) in [6.45, 7) is 6.46. The highest BCUT2D eigenvalue weighted by Crippen LogP contribution is 2.35. The fourth-order valence-electron chi connectivity index (χ4n) is 4.12. The minimum Gasteiger partial charge on any atom is -1.00 e. The van der Waals surface area contributed by atoms with Gasteiger partial charge in [-0.15, -0.1) is 0 Å². The van der Waals surface area contributed by atoms with Crippen molar-refractivity contribution in [3.8, 4) is 16.9 Å². The van der Waals surface area contributed by atoms with Crippen LogP contribution in [0.3, 0.4) is 0 Å². The van der Waals surface area contributed by atoms with Gasteiger partial charge in [-0.25, -0.2) is 0 Å². The summed E-state index contributed by atoms with van der Waals surface area (Å²) in [4.78, 5) is 0. The van der Waals surface area contributed by atoms with E-state index in [0.717, 1.165) is 11.3 Å². The minimum atomic E-state index is 0. The number of nitrogens with zero attached hydrogens (tertiary/aromatic N) is 1. The van der Waals surface area contributed by atoms with Crippen LogP contribution in [0, 0.1) is 20.8 Å². The van der Waals surface area contributed by atoms with Gasteiger partial charge in [-0.3, -0.25) is 0 Å². The average molecular weight is 414 g/mol. The second-order valence-electron chi connectivity index (χ2n) is 7.95. The number of halogens is 1. The van der Waals surface area contributed by atoms with Crippen LogP contribution in [0.5, 0.6) is 5.75 Å². The van der Waals surface area contributed by atoms with Crippen molar-refractivity contribution in [1.29, 1.82) is 0 Å². The van der Waals surface area contributed by atoms with Crippen molar-refractivity contribution < 1.29 is 21.5 Å². The van der Waals surface area contributed by atoms with E-state index >= 15 is 0 Å². The van der Waals surface area contributed by atoms with E-state index < -0.39 is 0 Å². The van der Waals surface area contributed by atoms with Crippen LogP contribution < -0.4 is 21.5 Å². The molecule has 0 radical (unpaired) electrons. The van der Waals surface area contributed by atoms with E-state index in [1.54, 1.807) is 7.11 Å². The molecule has 5 rings (SSSR count). The van der Waals surface area contributed by atoms with Crippen molar-refractivity contribution in [1.82, 2.24) is 0 Å². The van der Waals surface area contributed by atoms with Crippen LogP contribution in [0.4, 0.5) is 0 Å². The molecule has 3 heteroatoms. The Hall–Kier alpha value is -3.10. The lowest BCUT2D eigenvalue weighted by Gasteiger charge is -2.11. The van der Waals surface area contributed by atoms with Gasteiger partial charge < -0.3 is 17.1 Å². The number of benzene rings is 3. The summed E-state index contributed by atoms with van der Waals surface area (Å²) in [6.07, 6.45) is 4.36. The molecule has 0 aliphatic carbocycles. The highest BCUT2D eigenvalue weighted by molar-refractivity contribution is 6.01. The largest absolute Gasteiger partial charge is 1.00 e. The molecule has 0 atom stereocenters. The minimum absolute atomic E-state index is 0. The van der Waals surface area contributed by atoms with Gasteiger partial charge >= 0.3 is 0 Å². The van der Waals surface area contributed by atoms with Crippen molar-refractivity contribution in [2.24, 2.45) is 0 Å². The Labute approximate surface area is 183 Å². The normalized spacial score (nSPS) is 11.1. The van der Waals surface area contributed by atoms with Gasteiger partial charge in [-0.1, -0.05) is 35.9 Å². The predicted molar refractivity (Wildman–Crippen MR) is 121 cm³/mol. The molecule has 0 unspecified atom stereocenters. The lowest BCUT2D eigenvalue weighted by Crippen LogP contribution is -3.00. The van der Waals surface area contributed by atoms with Crippen LogP contribution in [0.2, 0.25) is 0 Å². The molecule has 30 heavy (non-hydrogen) atoms. The zero-order chi connectivity index (χ0) is 20.1. The first-order valence-corrected chi connectivity index (χ1v) is 9.97. The summed E-state index contributed by atoms with van der Waals surface area (Å²) in [5, 5.41) is 4.94. The number of rotatable bonds is 2. The number of fused-ring (bicyclic) bond motifs is 4. The van der Waals surface area contributed by atoms with Crippen LogP contribution in [0.25, 0.3) is 38.2 Å². The Morgan fingerprint density at radius 1 is 0.733 bits per heavy atom. The van der Waals surface area contributed by atoms with E-state index in [2.05, 4.69) is 98.2 Å². The Balaban J connectivity index is 0.00000218. The Morgan fingerprint density at radius 3 is 2.13 bits per heavy atom. The van der Waals surface area contributed by atoms with Gasteiger partial charge in [0, 0.05) is 23.1 Å². The van der Waals surface area contributed by atoms with Crippen LogP contribution >= 0.6 is 0 Å². The molecule has 0 spiro atoms. The summed E-state index contributed by atoms with van der Waals surface area (Å²) in [5.41, 5.74) is 7.39. The Kier molecular flexibility index (Phi) is 5.13. The van der Waals surface area contributed by atoms with Crippen molar-refractivity contribution in [3.63, 3.8) is 0 Å². The third-order valence-electron chi connectivity index (χ3n) is 5.97. The predicted octanol–water partition coefficient (Wildman–Crippen LogP) is 3.34. The van der Waals surface area contributed by atoms with E-state index in [0.29, 0.717) is 0 Å². The summed E-state index contributed by atoms with van der Waals surface area (Å²) in [7, 11) is 1.74. The summed E-state index contributed by atoms with van der Waals surface area (Å²) >= 11 is 0. The van der Waals surface area contributed by atoms with E-state index in [-0.39, 0.29) is 12.4 Å². The molecule has 0 aliphatic heterocycles. The van der Waals surface area contributed by atoms with Crippen LogP contribution in [0.1, 0.15) is 16.7 Å².